The van der Waals surface area contributed by atoms with E-state index < -0.39 is 0 Å². The summed E-state index contributed by atoms with van der Waals surface area (Å²) in [5, 5.41) is 14.2. The molecule has 0 spiro atoms. The van der Waals surface area contributed by atoms with Crippen LogP contribution in [0.15, 0.2) is 12.4 Å². The highest BCUT2D eigenvalue weighted by atomic mass is 16.2. The Morgan fingerprint density at radius 1 is 1.12 bits per heavy atom. The van der Waals surface area contributed by atoms with Gasteiger partial charge in [-0.3, -0.25) is 19.0 Å². The van der Waals surface area contributed by atoms with Crippen molar-refractivity contribution in [2.24, 2.45) is 13.0 Å². The smallest absolute Gasteiger partial charge is 0.276 e. The molecule has 1 fully saturated rings. The predicted octanol–water partition coefficient (Wildman–Crippen LogP) is 2.72. The molecule has 1 aliphatic carbocycles. The zero-order valence-corrected chi connectivity index (χ0v) is 15.6. The monoisotopic (exact) mass is 358 g/mol. The Kier molecular flexibility index (Phi) is 5.39. The van der Waals surface area contributed by atoms with Crippen LogP contribution in [-0.2, 0) is 18.4 Å². The first-order chi connectivity index (χ1) is 12.5. The largest absolute Gasteiger partial charge is 0.323 e. The number of aryl methyl sites for hydroxylation is 2. The van der Waals surface area contributed by atoms with Crippen molar-refractivity contribution >= 4 is 23.2 Å². The number of nitrogens with one attached hydrogen (secondary N) is 2. The Hall–Kier alpha value is -2.64. The van der Waals surface area contributed by atoms with Crippen molar-refractivity contribution in [3.63, 3.8) is 0 Å². The molecule has 2 amide bonds. The molecule has 8 nitrogen and oxygen atoms in total. The van der Waals surface area contributed by atoms with E-state index in [4.69, 9.17) is 0 Å². The fourth-order valence-corrected chi connectivity index (χ4v) is 3.36. The molecule has 26 heavy (non-hydrogen) atoms. The maximum absolute atomic E-state index is 12.8. The van der Waals surface area contributed by atoms with Gasteiger partial charge in [0.1, 0.15) is 5.69 Å². The minimum atomic E-state index is -0.306. The molecule has 0 unspecified atom stereocenters. The summed E-state index contributed by atoms with van der Waals surface area (Å²) >= 11 is 0. The molecule has 1 saturated carbocycles. The molecule has 3 rings (SSSR count). The third-order valence-electron chi connectivity index (χ3n) is 5.07. The number of hydrogen-bond donors (Lipinski definition) is 2. The van der Waals surface area contributed by atoms with Crippen LogP contribution in [0.4, 0.5) is 11.4 Å². The molecule has 1 aliphatic rings. The fourth-order valence-electron chi connectivity index (χ4n) is 3.36. The number of aromatic nitrogens is 4. The van der Waals surface area contributed by atoms with Crippen molar-refractivity contribution in [1.29, 1.82) is 0 Å². The first-order valence-electron chi connectivity index (χ1n) is 9.17. The number of carbonyl (C=O) groups is 2. The minimum absolute atomic E-state index is 0.0187. The van der Waals surface area contributed by atoms with Crippen LogP contribution in [0.5, 0.6) is 0 Å². The Morgan fingerprint density at radius 2 is 1.81 bits per heavy atom. The van der Waals surface area contributed by atoms with Crippen molar-refractivity contribution in [3.8, 4) is 0 Å². The normalized spacial score (nSPS) is 15.0. The highest BCUT2D eigenvalue weighted by Gasteiger charge is 2.25. The second kappa shape index (κ2) is 7.72. The van der Waals surface area contributed by atoms with E-state index in [1.165, 1.54) is 6.42 Å². The Balaban J connectivity index is 1.79. The van der Waals surface area contributed by atoms with Crippen LogP contribution in [0.1, 0.15) is 55.2 Å². The summed E-state index contributed by atoms with van der Waals surface area (Å²) < 4.78 is 3.29. The van der Waals surface area contributed by atoms with Gasteiger partial charge in [-0.25, -0.2) is 0 Å². The SMILES string of the molecule is CCn1ncc(NC(=O)C2CCCCC2)c1C(=O)Nc1cnn(C)c1C. The van der Waals surface area contributed by atoms with Crippen molar-refractivity contribution in [1.82, 2.24) is 19.6 Å². The molecule has 0 saturated heterocycles. The predicted molar refractivity (Wildman–Crippen MR) is 99.0 cm³/mol. The van der Waals surface area contributed by atoms with E-state index in [1.54, 1.807) is 21.8 Å². The fraction of sp³-hybridized carbons (Fsp3) is 0.556. The summed E-state index contributed by atoms with van der Waals surface area (Å²) in [5.74, 6) is -0.309. The van der Waals surface area contributed by atoms with Crippen LogP contribution in [0, 0.1) is 12.8 Å². The van der Waals surface area contributed by atoms with Crippen molar-refractivity contribution in [3.05, 3.63) is 23.8 Å². The van der Waals surface area contributed by atoms with Crippen LogP contribution in [0.2, 0.25) is 0 Å². The van der Waals surface area contributed by atoms with Gasteiger partial charge in [-0.2, -0.15) is 10.2 Å². The van der Waals surface area contributed by atoms with Crippen molar-refractivity contribution < 1.29 is 9.59 Å². The molecule has 2 aromatic heterocycles. The van der Waals surface area contributed by atoms with Gasteiger partial charge in [0.25, 0.3) is 5.91 Å². The molecule has 0 radical (unpaired) electrons. The van der Waals surface area contributed by atoms with Crippen LogP contribution in [0.25, 0.3) is 0 Å². The van der Waals surface area contributed by atoms with E-state index in [1.807, 2.05) is 20.9 Å². The van der Waals surface area contributed by atoms with Gasteiger partial charge in [-0.1, -0.05) is 19.3 Å². The van der Waals surface area contributed by atoms with E-state index in [2.05, 4.69) is 20.8 Å². The van der Waals surface area contributed by atoms with E-state index in [0.717, 1.165) is 31.4 Å². The van der Waals surface area contributed by atoms with Gasteiger partial charge in [-0.05, 0) is 26.7 Å². The quantitative estimate of drug-likeness (QED) is 0.859. The summed E-state index contributed by atoms with van der Waals surface area (Å²) in [4.78, 5) is 25.4. The van der Waals surface area contributed by atoms with Crippen LogP contribution in [0.3, 0.4) is 0 Å². The summed E-state index contributed by atoms with van der Waals surface area (Å²) in [7, 11) is 1.82. The summed E-state index contributed by atoms with van der Waals surface area (Å²) in [5.41, 5.74) is 2.32. The molecule has 0 atom stereocenters. The number of carbonyl (C=O) groups excluding carboxylic acids is 2. The van der Waals surface area contributed by atoms with Crippen LogP contribution >= 0.6 is 0 Å². The lowest BCUT2D eigenvalue weighted by molar-refractivity contribution is -0.120. The molecule has 0 bridgehead atoms. The summed E-state index contributed by atoms with van der Waals surface area (Å²) in [6.45, 7) is 4.32. The molecule has 8 heteroatoms. The molecule has 0 aliphatic heterocycles. The second-order valence-corrected chi connectivity index (χ2v) is 6.77. The molecule has 2 N–H and O–H groups in total. The van der Waals surface area contributed by atoms with Crippen LogP contribution in [-0.4, -0.2) is 31.4 Å². The zero-order valence-electron chi connectivity index (χ0n) is 15.6. The third-order valence-corrected chi connectivity index (χ3v) is 5.07. The number of hydrogen-bond acceptors (Lipinski definition) is 4. The lowest BCUT2D eigenvalue weighted by Gasteiger charge is -2.20. The molecular formula is C18H26N6O2. The van der Waals surface area contributed by atoms with Crippen molar-refractivity contribution in [2.75, 3.05) is 10.6 Å². The Bertz CT molecular complexity index is 801. The number of nitrogens with zero attached hydrogens (tertiary/aromatic N) is 4. The van der Waals surface area contributed by atoms with Gasteiger partial charge >= 0.3 is 0 Å². The Morgan fingerprint density at radius 3 is 2.42 bits per heavy atom. The van der Waals surface area contributed by atoms with E-state index >= 15 is 0 Å². The second-order valence-electron chi connectivity index (χ2n) is 6.77. The Labute approximate surface area is 152 Å². The first kappa shape index (κ1) is 18.2. The van der Waals surface area contributed by atoms with Gasteiger partial charge in [0.05, 0.1) is 29.5 Å². The minimum Gasteiger partial charge on any atom is -0.323 e. The van der Waals surface area contributed by atoms with Gasteiger partial charge in [0, 0.05) is 19.5 Å². The highest BCUT2D eigenvalue weighted by Crippen LogP contribution is 2.26. The lowest BCUT2D eigenvalue weighted by Crippen LogP contribution is -2.26. The number of anilines is 2. The topological polar surface area (TPSA) is 93.8 Å². The van der Waals surface area contributed by atoms with Gasteiger partial charge in [0.2, 0.25) is 5.91 Å². The van der Waals surface area contributed by atoms with Crippen LogP contribution < -0.4 is 10.6 Å². The molecular weight excluding hydrogens is 332 g/mol. The number of rotatable bonds is 5. The van der Waals surface area contributed by atoms with E-state index in [-0.39, 0.29) is 17.7 Å². The molecule has 0 aromatic carbocycles. The van der Waals surface area contributed by atoms with E-state index in [0.29, 0.717) is 23.6 Å². The average Bonchev–Trinajstić information content (AvgIpc) is 3.20. The van der Waals surface area contributed by atoms with Gasteiger partial charge < -0.3 is 10.6 Å². The summed E-state index contributed by atoms with van der Waals surface area (Å²) in [6.07, 6.45) is 8.33. The lowest BCUT2D eigenvalue weighted by atomic mass is 9.88. The maximum atomic E-state index is 12.8. The highest BCUT2D eigenvalue weighted by molar-refractivity contribution is 6.09. The van der Waals surface area contributed by atoms with Crippen molar-refractivity contribution in [2.45, 2.75) is 52.5 Å². The standard InChI is InChI=1S/C18H26N6O2/c1-4-24-16(18(26)21-14-10-19-23(3)12(14)2)15(11-20-24)22-17(25)13-8-6-5-7-9-13/h10-11,13H,4-9H2,1-3H3,(H,21,26)(H,22,25). The molecule has 140 valence electrons. The first-order valence-corrected chi connectivity index (χ1v) is 9.17. The number of amides is 2. The maximum Gasteiger partial charge on any atom is 0.276 e. The molecule has 2 aromatic rings. The van der Waals surface area contributed by atoms with E-state index in [9.17, 15) is 9.59 Å². The summed E-state index contributed by atoms with van der Waals surface area (Å²) in [6, 6.07) is 0. The average molecular weight is 358 g/mol. The van der Waals surface area contributed by atoms with Gasteiger partial charge in [-0.15, -0.1) is 0 Å². The van der Waals surface area contributed by atoms with Gasteiger partial charge in [0.15, 0.2) is 0 Å². The zero-order chi connectivity index (χ0) is 18.7. The molecule has 2 heterocycles. The third kappa shape index (κ3) is 3.63.